The molecule has 10 heavy (non-hydrogen) atoms. The zero-order valence-electron chi connectivity index (χ0n) is 5.68. The summed E-state index contributed by atoms with van der Waals surface area (Å²) in [6, 6.07) is 0. The fourth-order valence-corrected chi connectivity index (χ4v) is 1.31. The standard InChI is InChI=1S/C6H9NO3/c1-10-4(8)7-5-2-6(5,9)3-5/h9H,2-3H2,1H3,(H,7,8). The first-order chi connectivity index (χ1) is 4.62. The second kappa shape index (κ2) is 1.29. The molecule has 0 atom stereocenters. The van der Waals surface area contributed by atoms with Crippen LogP contribution < -0.4 is 5.32 Å². The maximum Gasteiger partial charge on any atom is 0.407 e. The molecular weight excluding hydrogens is 134 g/mol. The van der Waals surface area contributed by atoms with Gasteiger partial charge < -0.3 is 15.2 Å². The second-order valence-electron chi connectivity index (χ2n) is 3.08. The molecule has 0 aromatic carbocycles. The van der Waals surface area contributed by atoms with E-state index in [1.165, 1.54) is 7.11 Å². The van der Waals surface area contributed by atoms with Crippen molar-refractivity contribution in [3.8, 4) is 0 Å². The van der Waals surface area contributed by atoms with E-state index >= 15 is 0 Å². The maximum absolute atomic E-state index is 10.6. The Morgan fingerprint density at radius 3 is 2.50 bits per heavy atom. The van der Waals surface area contributed by atoms with Gasteiger partial charge in [-0.15, -0.1) is 0 Å². The van der Waals surface area contributed by atoms with E-state index in [0.29, 0.717) is 12.8 Å². The smallest absolute Gasteiger partial charge is 0.407 e. The summed E-state index contributed by atoms with van der Waals surface area (Å²) >= 11 is 0. The summed E-state index contributed by atoms with van der Waals surface area (Å²) in [5.74, 6) is 0. The van der Waals surface area contributed by atoms with Crippen LogP contribution >= 0.6 is 0 Å². The normalized spacial score (nSPS) is 47.4. The van der Waals surface area contributed by atoms with Gasteiger partial charge in [0, 0.05) is 12.8 Å². The first kappa shape index (κ1) is 5.97. The number of methoxy groups -OCH3 is 1. The van der Waals surface area contributed by atoms with E-state index in [0.717, 1.165) is 0 Å². The van der Waals surface area contributed by atoms with Gasteiger partial charge in [-0.25, -0.2) is 4.79 Å². The molecule has 4 nitrogen and oxygen atoms in total. The number of carbonyl (C=O) groups is 1. The molecule has 0 bridgehead atoms. The Labute approximate surface area is 58.2 Å². The highest BCUT2D eigenvalue weighted by molar-refractivity contribution is 5.71. The van der Waals surface area contributed by atoms with Crippen LogP contribution in [0, 0.1) is 0 Å². The molecule has 2 saturated carbocycles. The third kappa shape index (κ3) is 0.520. The molecule has 0 heterocycles. The minimum atomic E-state index is -0.568. The fraction of sp³-hybridized carbons (Fsp3) is 0.833. The molecule has 2 fully saturated rings. The Morgan fingerprint density at radius 2 is 2.20 bits per heavy atom. The third-order valence-electron chi connectivity index (χ3n) is 2.36. The average molecular weight is 143 g/mol. The molecule has 2 aliphatic rings. The summed E-state index contributed by atoms with van der Waals surface area (Å²) in [5, 5.41) is 11.8. The number of hydrogen-bond acceptors (Lipinski definition) is 3. The highest BCUT2D eigenvalue weighted by Crippen LogP contribution is 2.70. The van der Waals surface area contributed by atoms with Crippen molar-refractivity contribution in [2.45, 2.75) is 24.0 Å². The number of rotatable bonds is 1. The van der Waals surface area contributed by atoms with Crippen LogP contribution in [0.5, 0.6) is 0 Å². The highest BCUT2D eigenvalue weighted by Gasteiger charge is 2.84. The van der Waals surface area contributed by atoms with Gasteiger partial charge in [0.05, 0.1) is 18.2 Å². The van der Waals surface area contributed by atoms with Gasteiger partial charge in [-0.2, -0.15) is 0 Å². The molecule has 0 aromatic rings. The summed E-state index contributed by atoms with van der Waals surface area (Å²) in [6.45, 7) is 0. The van der Waals surface area contributed by atoms with E-state index in [2.05, 4.69) is 10.1 Å². The van der Waals surface area contributed by atoms with Gasteiger partial charge in [0.2, 0.25) is 0 Å². The predicted octanol–water partition coefficient (Wildman–Crippen LogP) is -0.380. The maximum atomic E-state index is 10.6. The van der Waals surface area contributed by atoms with Crippen LogP contribution in [0.25, 0.3) is 0 Å². The summed E-state index contributed by atoms with van der Waals surface area (Å²) in [5.41, 5.74) is -0.860. The van der Waals surface area contributed by atoms with Crippen molar-refractivity contribution < 1.29 is 14.6 Å². The quantitative estimate of drug-likeness (QED) is 0.526. The lowest BCUT2D eigenvalue weighted by Gasteiger charge is -2.02. The molecule has 2 aliphatic carbocycles. The van der Waals surface area contributed by atoms with Gasteiger partial charge in [0.25, 0.3) is 0 Å². The molecular formula is C6H9NO3. The number of alkyl carbamates (subject to hydrolysis) is 1. The van der Waals surface area contributed by atoms with Crippen LogP contribution in [-0.4, -0.2) is 29.4 Å². The first-order valence-corrected chi connectivity index (χ1v) is 3.20. The molecule has 56 valence electrons. The minimum absolute atomic E-state index is 0.292. The van der Waals surface area contributed by atoms with Gasteiger partial charge in [0.1, 0.15) is 0 Å². The minimum Gasteiger partial charge on any atom is -0.453 e. The van der Waals surface area contributed by atoms with Gasteiger partial charge in [-0.3, -0.25) is 0 Å². The molecule has 0 unspecified atom stereocenters. The van der Waals surface area contributed by atoms with Crippen LogP contribution in [0.3, 0.4) is 0 Å². The van der Waals surface area contributed by atoms with Crippen molar-refractivity contribution >= 4 is 6.09 Å². The molecule has 1 amide bonds. The zero-order valence-corrected chi connectivity index (χ0v) is 5.68. The van der Waals surface area contributed by atoms with E-state index in [9.17, 15) is 9.90 Å². The number of aliphatic hydroxyl groups is 1. The largest absolute Gasteiger partial charge is 0.453 e. The molecule has 0 aliphatic heterocycles. The van der Waals surface area contributed by atoms with Crippen molar-refractivity contribution in [2.75, 3.05) is 7.11 Å². The lowest BCUT2D eigenvalue weighted by atomic mass is 10.3. The Morgan fingerprint density at radius 1 is 1.70 bits per heavy atom. The fourth-order valence-electron chi connectivity index (χ4n) is 1.31. The van der Waals surface area contributed by atoms with Crippen molar-refractivity contribution in [1.82, 2.24) is 5.32 Å². The van der Waals surface area contributed by atoms with Crippen LogP contribution in [0.4, 0.5) is 4.79 Å². The number of hydrogen-bond donors (Lipinski definition) is 2. The number of ether oxygens (including phenoxy) is 1. The zero-order chi connectivity index (χ0) is 7.41. The Kier molecular flexibility index (Phi) is 0.773. The predicted molar refractivity (Wildman–Crippen MR) is 32.5 cm³/mol. The number of nitrogens with one attached hydrogen (secondary N) is 1. The lowest BCUT2D eigenvalue weighted by Crippen LogP contribution is -2.30. The van der Waals surface area contributed by atoms with Crippen LogP contribution in [0.2, 0.25) is 0 Å². The number of carbonyl (C=O) groups excluding carboxylic acids is 1. The van der Waals surface area contributed by atoms with Crippen LogP contribution in [-0.2, 0) is 4.74 Å². The lowest BCUT2D eigenvalue weighted by molar-refractivity contribution is 0.167. The van der Waals surface area contributed by atoms with E-state index in [4.69, 9.17) is 0 Å². The summed E-state index contributed by atoms with van der Waals surface area (Å²) < 4.78 is 4.38. The monoisotopic (exact) mass is 143 g/mol. The third-order valence-corrected chi connectivity index (χ3v) is 2.36. The molecule has 2 rings (SSSR count). The molecule has 0 spiro atoms. The van der Waals surface area contributed by atoms with Crippen molar-refractivity contribution in [2.24, 2.45) is 0 Å². The van der Waals surface area contributed by atoms with E-state index in [1.807, 2.05) is 0 Å². The topological polar surface area (TPSA) is 58.6 Å². The van der Waals surface area contributed by atoms with E-state index < -0.39 is 11.7 Å². The SMILES string of the molecule is COC(=O)NC12CC1(O)C2. The van der Waals surface area contributed by atoms with Crippen molar-refractivity contribution in [3.63, 3.8) is 0 Å². The molecule has 0 saturated heterocycles. The molecule has 0 aromatic heterocycles. The van der Waals surface area contributed by atoms with Crippen molar-refractivity contribution in [3.05, 3.63) is 0 Å². The van der Waals surface area contributed by atoms with Crippen molar-refractivity contribution in [1.29, 1.82) is 0 Å². The van der Waals surface area contributed by atoms with Gasteiger partial charge >= 0.3 is 6.09 Å². The summed E-state index contributed by atoms with van der Waals surface area (Å²) in [4.78, 5) is 10.6. The summed E-state index contributed by atoms with van der Waals surface area (Å²) in [6.07, 6.45) is 0.929. The first-order valence-electron chi connectivity index (χ1n) is 3.20. The Bertz CT molecular complexity index is 195. The summed E-state index contributed by atoms with van der Waals surface area (Å²) in [7, 11) is 1.32. The van der Waals surface area contributed by atoms with Crippen LogP contribution in [0.15, 0.2) is 0 Å². The Balaban J connectivity index is 1.89. The van der Waals surface area contributed by atoms with Crippen LogP contribution in [0.1, 0.15) is 12.8 Å². The average Bonchev–Trinajstić information content (AvgIpc) is 2.53. The molecule has 4 heteroatoms. The highest BCUT2D eigenvalue weighted by atomic mass is 16.5. The number of fused-ring (bicyclic) bond motifs is 1. The number of amides is 1. The Hall–Kier alpha value is -0.770. The van der Waals surface area contributed by atoms with Gasteiger partial charge in [0.15, 0.2) is 0 Å². The second-order valence-corrected chi connectivity index (χ2v) is 3.08. The molecule has 2 N–H and O–H groups in total. The van der Waals surface area contributed by atoms with Gasteiger partial charge in [-0.05, 0) is 0 Å². The van der Waals surface area contributed by atoms with Gasteiger partial charge in [-0.1, -0.05) is 0 Å². The van der Waals surface area contributed by atoms with E-state index in [1.54, 1.807) is 0 Å². The van der Waals surface area contributed by atoms with E-state index in [-0.39, 0.29) is 5.54 Å². The molecule has 0 radical (unpaired) electrons.